The summed E-state index contributed by atoms with van der Waals surface area (Å²) in [5.41, 5.74) is 7.36. The molecule has 1 amide bonds. The minimum Gasteiger partial charge on any atom is -0.379 e. The number of fused-ring (bicyclic) bond motifs is 1. The second-order valence-corrected chi connectivity index (χ2v) is 7.36. The van der Waals surface area contributed by atoms with Crippen molar-refractivity contribution in [3.63, 3.8) is 0 Å². The Bertz CT molecular complexity index is 838. The molecule has 9 nitrogen and oxygen atoms in total. The van der Waals surface area contributed by atoms with Gasteiger partial charge in [-0.2, -0.15) is 0 Å². The van der Waals surface area contributed by atoms with Crippen LogP contribution in [0.25, 0.3) is 5.65 Å². The van der Waals surface area contributed by atoms with Crippen LogP contribution in [-0.2, 0) is 4.79 Å². The predicted octanol–water partition coefficient (Wildman–Crippen LogP) is 0.914. The fraction of sp³-hybridized carbons (Fsp3) is 0.556. The van der Waals surface area contributed by atoms with Crippen LogP contribution in [0.4, 0.5) is 11.5 Å². The van der Waals surface area contributed by atoms with Gasteiger partial charge < -0.3 is 21.7 Å². The zero-order valence-electron chi connectivity index (χ0n) is 15.1. The first-order valence-electron chi connectivity index (χ1n) is 9.52. The van der Waals surface area contributed by atoms with Gasteiger partial charge in [-0.15, -0.1) is 5.10 Å². The van der Waals surface area contributed by atoms with E-state index in [-0.39, 0.29) is 24.5 Å². The summed E-state index contributed by atoms with van der Waals surface area (Å²) in [4.78, 5) is 27.1. The summed E-state index contributed by atoms with van der Waals surface area (Å²) in [5.74, 6) is 0.622. The van der Waals surface area contributed by atoms with E-state index in [1.165, 1.54) is 0 Å². The van der Waals surface area contributed by atoms with Crippen LogP contribution in [0.3, 0.4) is 0 Å². The molecule has 0 spiro atoms. The molecule has 2 saturated carbocycles. The number of nitrogens with two attached hydrogens (primary N) is 1. The van der Waals surface area contributed by atoms with Crippen molar-refractivity contribution >= 4 is 29.3 Å². The molecule has 0 aliphatic heterocycles. The molecule has 2 aromatic heterocycles. The number of imidazole rings is 1. The third-order valence-corrected chi connectivity index (χ3v) is 5.18. The van der Waals surface area contributed by atoms with E-state index in [1.54, 1.807) is 10.7 Å². The number of rotatable bonds is 7. The van der Waals surface area contributed by atoms with Gasteiger partial charge in [0, 0.05) is 24.2 Å². The van der Waals surface area contributed by atoms with Gasteiger partial charge in [0.1, 0.15) is 11.5 Å². The fourth-order valence-corrected chi connectivity index (χ4v) is 3.57. The molecule has 0 unspecified atom stereocenters. The normalized spacial score (nSPS) is 22.4. The van der Waals surface area contributed by atoms with E-state index < -0.39 is 0 Å². The average molecular weight is 371 g/mol. The maximum absolute atomic E-state index is 11.4. The standard InChI is InChI=1S/C18H25N7O2/c19-8-17(27)23-13-5-3-12(4-6-13)22-16-7-15(21-11-1-2-11)18-20-9-14(10-26)25(18)24-16/h7,9-13,21H,1-6,8,19H2,(H,22,24)(H,23,27)/t12-,13-. The van der Waals surface area contributed by atoms with Crippen LogP contribution < -0.4 is 21.7 Å². The van der Waals surface area contributed by atoms with Gasteiger partial charge in [-0.3, -0.25) is 9.59 Å². The van der Waals surface area contributed by atoms with Crippen LogP contribution in [0.1, 0.15) is 49.0 Å². The summed E-state index contributed by atoms with van der Waals surface area (Å²) in [5, 5.41) is 14.5. The van der Waals surface area contributed by atoms with E-state index in [1.807, 2.05) is 6.07 Å². The quantitative estimate of drug-likeness (QED) is 0.533. The van der Waals surface area contributed by atoms with Gasteiger partial charge in [-0.05, 0) is 38.5 Å². The zero-order chi connectivity index (χ0) is 18.8. The Morgan fingerprint density at radius 2 is 1.81 bits per heavy atom. The lowest BCUT2D eigenvalue weighted by Crippen LogP contribution is -2.42. The van der Waals surface area contributed by atoms with Crippen LogP contribution in [0.5, 0.6) is 0 Å². The summed E-state index contributed by atoms with van der Waals surface area (Å²) in [6, 6.07) is 2.91. The third kappa shape index (κ3) is 4.02. The Balaban J connectivity index is 1.47. The van der Waals surface area contributed by atoms with Crippen molar-refractivity contribution in [1.29, 1.82) is 0 Å². The molecule has 0 bridgehead atoms. The minimum atomic E-state index is -0.101. The maximum Gasteiger partial charge on any atom is 0.233 e. The van der Waals surface area contributed by atoms with Crippen LogP contribution in [0.2, 0.25) is 0 Å². The summed E-state index contributed by atoms with van der Waals surface area (Å²) >= 11 is 0. The number of carbonyl (C=O) groups is 2. The Morgan fingerprint density at radius 3 is 2.48 bits per heavy atom. The number of aldehydes is 1. The molecule has 9 heteroatoms. The van der Waals surface area contributed by atoms with Crippen LogP contribution in [-0.4, -0.2) is 51.5 Å². The average Bonchev–Trinajstić information content (AvgIpc) is 3.39. The van der Waals surface area contributed by atoms with Gasteiger partial charge in [0.2, 0.25) is 5.91 Å². The highest BCUT2D eigenvalue weighted by Crippen LogP contribution is 2.29. The highest BCUT2D eigenvalue weighted by Gasteiger charge is 2.25. The largest absolute Gasteiger partial charge is 0.379 e. The molecule has 0 atom stereocenters. The van der Waals surface area contributed by atoms with Crippen LogP contribution >= 0.6 is 0 Å². The maximum atomic E-state index is 11.4. The van der Waals surface area contributed by atoms with Gasteiger partial charge in [0.05, 0.1) is 18.4 Å². The Kier molecular flexibility index (Phi) is 4.93. The van der Waals surface area contributed by atoms with E-state index in [0.29, 0.717) is 17.4 Å². The zero-order valence-corrected chi connectivity index (χ0v) is 15.1. The minimum absolute atomic E-state index is 0.0306. The molecular formula is C18H25N7O2. The summed E-state index contributed by atoms with van der Waals surface area (Å²) in [7, 11) is 0. The molecule has 5 N–H and O–H groups in total. The number of carbonyl (C=O) groups excluding carboxylic acids is 2. The molecule has 4 rings (SSSR count). The summed E-state index contributed by atoms with van der Waals surface area (Å²) in [6.45, 7) is 0.0306. The molecule has 27 heavy (non-hydrogen) atoms. The topological polar surface area (TPSA) is 126 Å². The van der Waals surface area contributed by atoms with Crippen LogP contribution in [0, 0.1) is 0 Å². The molecule has 0 saturated heterocycles. The highest BCUT2D eigenvalue weighted by molar-refractivity contribution is 5.79. The smallest absolute Gasteiger partial charge is 0.233 e. The van der Waals surface area contributed by atoms with E-state index in [0.717, 1.165) is 56.3 Å². The van der Waals surface area contributed by atoms with Gasteiger partial charge in [-0.25, -0.2) is 9.50 Å². The van der Waals surface area contributed by atoms with E-state index in [2.05, 4.69) is 26.0 Å². The Morgan fingerprint density at radius 1 is 1.15 bits per heavy atom. The fourth-order valence-electron chi connectivity index (χ4n) is 3.57. The Hall–Kier alpha value is -2.68. The molecule has 2 aliphatic rings. The van der Waals surface area contributed by atoms with Gasteiger partial charge in [0.25, 0.3) is 0 Å². The summed E-state index contributed by atoms with van der Waals surface area (Å²) < 4.78 is 1.59. The predicted molar refractivity (Wildman–Crippen MR) is 102 cm³/mol. The van der Waals surface area contributed by atoms with E-state index in [9.17, 15) is 9.59 Å². The first-order valence-corrected chi connectivity index (χ1v) is 9.52. The molecule has 0 radical (unpaired) electrons. The lowest BCUT2D eigenvalue weighted by molar-refractivity contribution is -0.120. The van der Waals surface area contributed by atoms with Crippen molar-refractivity contribution < 1.29 is 9.59 Å². The molecule has 144 valence electrons. The SMILES string of the molecule is NCC(=O)N[C@H]1CC[C@H](Nc2cc(NC3CC3)c3ncc(C=O)n3n2)CC1. The number of amides is 1. The number of hydrogen-bond acceptors (Lipinski definition) is 7. The first-order chi connectivity index (χ1) is 13.2. The number of nitrogens with one attached hydrogen (secondary N) is 3. The van der Waals surface area contributed by atoms with E-state index in [4.69, 9.17) is 5.73 Å². The second kappa shape index (κ2) is 7.51. The van der Waals surface area contributed by atoms with Crippen molar-refractivity contribution in [2.45, 2.75) is 56.7 Å². The molecular weight excluding hydrogens is 346 g/mol. The van der Waals surface area contributed by atoms with Gasteiger partial charge >= 0.3 is 0 Å². The third-order valence-electron chi connectivity index (χ3n) is 5.18. The van der Waals surface area contributed by atoms with Crippen molar-refractivity contribution in [2.24, 2.45) is 5.73 Å². The lowest BCUT2D eigenvalue weighted by Gasteiger charge is -2.30. The summed E-state index contributed by atoms with van der Waals surface area (Å²) in [6.07, 6.45) is 8.29. The van der Waals surface area contributed by atoms with Gasteiger partial charge in [0.15, 0.2) is 11.9 Å². The van der Waals surface area contributed by atoms with Crippen LogP contribution in [0.15, 0.2) is 12.3 Å². The van der Waals surface area contributed by atoms with Gasteiger partial charge in [-0.1, -0.05) is 0 Å². The molecule has 2 heterocycles. The molecule has 2 aliphatic carbocycles. The molecule has 2 fully saturated rings. The number of hydrogen-bond donors (Lipinski definition) is 4. The number of aromatic nitrogens is 3. The first kappa shape index (κ1) is 17.7. The van der Waals surface area contributed by atoms with Crippen molar-refractivity contribution in [3.8, 4) is 0 Å². The van der Waals surface area contributed by atoms with Crippen molar-refractivity contribution in [1.82, 2.24) is 19.9 Å². The monoisotopic (exact) mass is 371 g/mol. The van der Waals surface area contributed by atoms with Crippen molar-refractivity contribution in [2.75, 3.05) is 17.2 Å². The molecule has 2 aromatic rings. The Labute approximate surface area is 157 Å². The van der Waals surface area contributed by atoms with E-state index >= 15 is 0 Å². The molecule has 0 aromatic carbocycles. The number of nitrogens with zero attached hydrogens (tertiary/aromatic N) is 3. The number of anilines is 2. The lowest BCUT2D eigenvalue weighted by atomic mass is 9.91. The van der Waals surface area contributed by atoms with Crippen molar-refractivity contribution in [3.05, 3.63) is 18.0 Å². The second-order valence-electron chi connectivity index (χ2n) is 7.36. The highest BCUT2D eigenvalue weighted by atomic mass is 16.1.